The molecule has 0 unspecified atom stereocenters. The molecule has 1 saturated heterocycles. The third kappa shape index (κ3) is 3.62. The number of phenols is 2. The highest BCUT2D eigenvalue weighted by atomic mass is 35.5. The summed E-state index contributed by atoms with van der Waals surface area (Å²) in [7, 11) is 0. The maximum absolute atomic E-state index is 12.6. The van der Waals surface area contributed by atoms with Crippen LogP contribution in [0.4, 0.5) is 5.69 Å². The van der Waals surface area contributed by atoms with E-state index in [4.69, 9.17) is 11.6 Å². The van der Waals surface area contributed by atoms with Crippen molar-refractivity contribution in [1.29, 1.82) is 0 Å². The standard InChI is InChI=1S/C17H14ClN3O3S/c1-2-21-16(24)14(9-10-5-6-12(22)13(23)8-10)25-17(21)20-11-4-3-7-19-15(11)18/h3-9,22-23H,2H2,1H3/b14-9-,20-17?. The van der Waals surface area contributed by atoms with Crippen molar-refractivity contribution >= 4 is 46.2 Å². The molecule has 0 radical (unpaired) electrons. The molecule has 6 nitrogen and oxygen atoms in total. The molecular formula is C17H14ClN3O3S. The number of hydrogen-bond acceptors (Lipinski definition) is 6. The minimum absolute atomic E-state index is 0.182. The summed E-state index contributed by atoms with van der Waals surface area (Å²) in [5, 5.41) is 19.7. The van der Waals surface area contributed by atoms with Gasteiger partial charge in [-0.1, -0.05) is 17.7 Å². The lowest BCUT2D eigenvalue weighted by atomic mass is 10.2. The number of nitrogens with zero attached hydrogens (tertiary/aromatic N) is 3. The number of rotatable bonds is 3. The monoisotopic (exact) mass is 375 g/mol. The van der Waals surface area contributed by atoms with Crippen molar-refractivity contribution in [2.24, 2.45) is 4.99 Å². The molecule has 25 heavy (non-hydrogen) atoms. The van der Waals surface area contributed by atoms with E-state index in [9.17, 15) is 15.0 Å². The van der Waals surface area contributed by atoms with E-state index in [1.807, 2.05) is 6.92 Å². The molecule has 1 aliphatic rings. The topological polar surface area (TPSA) is 86.0 Å². The molecule has 0 spiro atoms. The predicted octanol–water partition coefficient (Wildman–Crippen LogP) is 3.77. The third-order valence-electron chi connectivity index (χ3n) is 3.46. The molecule has 3 rings (SSSR count). The zero-order valence-electron chi connectivity index (χ0n) is 13.2. The van der Waals surface area contributed by atoms with Gasteiger partial charge in [0.2, 0.25) is 0 Å². The number of aliphatic imine (C=N–C) groups is 1. The van der Waals surface area contributed by atoms with E-state index in [-0.39, 0.29) is 22.6 Å². The number of thioether (sulfide) groups is 1. The van der Waals surface area contributed by atoms with Crippen LogP contribution in [-0.2, 0) is 4.79 Å². The molecule has 1 aromatic heterocycles. The summed E-state index contributed by atoms with van der Waals surface area (Å²) in [6.45, 7) is 2.31. The Bertz CT molecular complexity index is 898. The summed E-state index contributed by atoms with van der Waals surface area (Å²) in [4.78, 5) is 23.0. The first-order valence-corrected chi connectivity index (χ1v) is 8.61. The molecule has 1 aromatic carbocycles. The molecule has 0 atom stereocenters. The minimum atomic E-state index is -0.242. The molecule has 0 saturated carbocycles. The normalized spacial score (nSPS) is 17.7. The van der Waals surface area contributed by atoms with Crippen LogP contribution in [0.25, 0.3) is 6.08 Å². The molecule has 0 bridgehead atoms. The Labute approximate surface area is 153 Å². The lowest BCUT2D eigenvalue weighted by Gasteiger charge is -2.12. The van der Waals surface area contributed by atoms with Crippen molar-refractivity contribution in [2.45, 2.75) is 6.92 Å². The van der Waals surface area contributed by atoms with Gasteiger partial charge in [-0.3, -0.25) is 9.69 Å². The number of aromatic hydroxyl groups is 2. The van der Waals surface area contributed by atoms with E-state index in [2.05, 4.69) is 9.98 Å². The van der Waals surface area contributed by atoms with Crippen LogP contribution >= 0.6 is 23.4 Å². The fraction of sp³-hybridized carbons (Fsp3) is 0.118. The summed E-state index contributed by atoms with van der Waals surface area (Å²) in [5.41, 5.74) is 1.09. The van der Waals surface area contributed by atoms with Crippen molar-refractivity contribution in [1.82, 2.24) is 9.88 Å². The number of carbonyl (C=O) groups is 1. The number of benzene rings is 1. The average molecular weight is 376 g/mol. The van der Waals surface area contributed by atoms with Crippen LogP contribution in [0.2, 0.25) is 5.15 Å². The summed E-state index contributed by atoms with van der Waals surface area (Å²) in [6, 6.07) is 7.81. The van der Waals surface area contributed by atoms with Crippen LogP contribution in [0.3, 0.4) is 0 Å². The lowest BCUT2D eigenvalue weighted by Crippen LogP contribution is -2.28. The van der Waals surface area contributed by atoms with Gasteiger partial charge in [0.1, 0.15) is 5.69 Å². The van der Waals surface area contributed by atoms with Gasteiger partial charge >= 0.3 is 0 Å². The van der Waals surface area contributed by atoms with E-state index >= 15 is 0 Å². The van der Waals surface area contributed by atoms with Gasteiger partial charge in [0.15, 0.2) is 21.8 Å². The van der Waals surface area contributed by atoms with E-state index in [1.54, 1.807) is 35.4 Å². The molecule has 2 aromatic rings. The molecule has 1 amide bonds. The number of halogens is 1. The van der Waals surface area contributed by atoms with Gasteiger partial charge in [0.05, 0.1) is 4.91 Å². The zero-order chi connectivity index (χ0) is 18.0. The molecule has 8 heteroatoms. The van der Waals surface area contributed by atoms with Gasteiger partial charge in [-0.2, -0.15) is 0 Å². The van der Waals surface area contributed by atoms with Crippen LogP contribution in [0, 0.1) is 0 Å². The van der Waals surface area contributed by atoms with Crippen molar-refractivity contribution < 1.29 is 15.0 Å². The van der Waals surface area contributed by atoms with Gasteiger partial charge in [-0.25, -0.2) is 9.98 Å². The van der Waals surface area contributed by atoms with Gasteiger partial charge < -0.3 is 10.2 Å². The number of hydrogen-bond donors (Lipinski definition) is 2. The number of aromatic nitrogens is 1. The van der Waals surface area contributed by atoms with Crippen LogP contribution in [0.1, 0.15) is 12.5 Å². The van der Waals surface area contributed by atoms with Crippen molar-refractivity contribution in [3.63, 3.8) is 0 Å². The summed E-state index contributed by atoms with van der Waals surface area (Å²) in [6.07, 6.45) is 3.21. The number of amides is 1. The number of phenolic OH excluding ortho intramolecular Hbond substituents is 2. The van der Waals surface area contributed by atoms with Crippen LogP contribution in [0.15, 0.2) is 46.4 Å². The maximum Gasteiger partial charge on any atom is 0.266 e. The Morgan fingerprint density at radius 2 is 2.12 bits per heavy atom. The molecule has 1 aliphatic heterocycles. The first-order chi connectivity index (χ1) is 12.0. The van der Waals surface area contributed by atoms with Crippen molar-refractivity contribution in [2.75, 3.05) is 6.54 Å². The van der Waals surface area contributed by atoms with Crippen molar-refractivity contribution in [3.05, 3.63) is 52.2 Å². The number of amidine groups is 1. The Hall–Kier alpha value is -2.51. The number of carbonyl (C=O) groups excluding carboxylic acids is 1. The summed E-state index contributed by atoms with van der Waals surface area (Å²) < 4.78 is 0. The van der Waals surface area contributed by atoms with Gasteiger partial charge in [0.25, 0.3) is 5.91 Å². The quantitative estimate of drug-likeness (QED) is 0.484. The van der Waals surface area contributed by atoms with E-state index < -0.39 is 0 Å². The second-order valence-electron chi connectivity index (χ2n) is 5.12. The molecular weight excluding hydrogens is 362 g/mol. The van der Waals surface area contributed by atoms with E-state index in [0.717, 1.165) is 0 Å². The highest BCUT2D eigenvalue weighted by Gasteiger charge is 2.32. The number of likely N-dealkylation sites (N-methyl/N-ethyl adjacent to an activating group) is 1. The lowest BCUT2D eigenvalue weighted by molar-refractivity contribution is -0.122. The van der Waals surface area contributed by atoms with Crippen LogP contribution in [0.5, 0.6) is 11.5 Å². The molecule has 1 fully saturated rings. The molecule has 128 valence electrons. The van der Waals surface area contributed by atoms with Gasteiger partial charge in [0, 0.05) is 12.7 Å². The Balaban J connectivity index is 1.96. The maximum atomic E-state index is 12.6. The highest BCUT2D eigenvalue weighted by Crippen LogP contribution is 2.36. The van der Waals surface area contributed by atoms with Gasteiger partial charge in [-0.05, 0) is 54.6 Å². The second kappa shape index (κ2) is 7.16. The predicted molar refractivity (Wildman–Crippen MR) is 99.1 cm³/mol. The Morgan fingerprint density at radius 3 is 2.80 bits per heavy atom. The molecule has 0 aliphatic carbocycles. The fourth-order valence-corrected chi connectivity index (χ4v) is 3.43. The Kier molecular flexibility index (Phi) is 4.96. The first-order valence-electron chi connectivity index (χ1n) is 7.42. The van der Waals surface area contributed by atoms with Crippen LogP contribution in [-0.4, -0.2) is 37.7 Å². The van der Waals surface area contributed by atoms with E-state index in [0.29, 0.717) is 27.9 Å². The minimum Gasteiger partial charge on any atom is -0.504 e. The zero-order valence-corrected chi connectivity index (χ0v) is 14.8. The first kappa shape index (κ1) is 17.3. The SMILES string of the molecule is CCN1C(=O)/C(=C/c2ccc(O)c(O)c2)SC1=Nc1cccnc1Cl. The smallest absolute Gasteiger partial charge is 0.266 e. The average Bonchev–Trinajstić information content (AvgIpc) is 2.88. The number of pyridine rings is 1. The third-order valence-corrected chi connectivity index (χ3v) is 4.75. The second-order valence-corrected chi connectivity index (χ2v) is 6.48. The van der Waals surface area contributed by atoms with Gasteiger partial charge in [-0.15, -0.1) is 0 Å². The largest absolute Gasteiger partial charge is 0.504 e. The molecule has 2 N–H and O–H groups in total. The Morgan fingerprint density at radius 1 is 1.32 bits per heavy atom. The summed E-state index contributed by atoms with van der Waals surface area (Å²) >= 11 is 7.25. The van der Waals surface area contributed by atoms with Crippen LogP contribution < -0.4 is 0 Å². The van der Waals surface area contributed by atoms with E-state index in [1.165, 1.54) is 23.9 Å². The summed E-state index contributed by atoms with van der Waals surface area (Å²) in [5.74, 6) is -0.636. The van der Waals surface area contributed by atoms with Crippen molar-refractivity contribution in [3.8, 4) is 11.5 Å². The molecule has 2 heterocycles. The fourth-order valence-electron chi connectivity index (χ4n) is 2.22. The highest BCUT2D eigenvalue weighted by molar-refractivity contribution is 8.18.